The Balaban J connectivity index is 1.85. The number of nitrogens with zero attached hydrogens (tertiary/aromatic N) is 5. The molecule has 7 heteroatoms. The highest BCUT2D eigenvalue weighted by Crippen LogP contribution is 2.21. The highest BCUT2D eigenvalue weighted by molar-refractivity contribution is 5.42. The number of rotatable bonds is 3. The van der Waals surface area contributed by atoms with Gasteiger partial charge in [0.05, 0.1) is 18.8 Å². The van der Waals surface area contributed by atoms with Gasteiger partial charge in [-0.3, -0.25) is 4.68 Å². The second-order valence-corrected chi connectivity index (χ2v) is 4.71. The predicted molar refractivity (Wildman–Crippen MR) is 75.5 cm³/mol. The minimum atomic E-state index is 0.569. The van der Waals surface area contributed by atoms with Gasteiger partial charge in [-0.2, -0.15) is 5.10 Å². The smallest absolute Gasteiger partial charge is 0.218 e. The van der Waals surface area contributed by atoms with E-state index in [0.717, 1.165) is 37.6 Å². The van der Waals surface area contributed by atoms with Gasteiger partial charge in [-0.25, -0.2) is 9.97 Å². The fraction of sp³-hybridized carbons (Fsp3) is 0.462. The molecule has 3 heterocycles. The quantitative estimate of drug-likeness (QED) is 0.901. The molecule has 106 valence electrons. The Labute approximate surface area is 117 Å². The maximum atomic E-state index is 5.76. The van der Waals surface area contributed by atoms with Crippen LogP contribution in [0.1, 0.15) is 19.0 Å². The molecule has 0 unspecified atom stereocenters. The van der Waals surface area contributed by atoms with Gasteiger partial charge in [-0.15, -0.1) is 0 Å². The van der Waals surface area contributed by atoms with Crippen LogP contribution in [0.2, 0.25) is 0 Å². The van der Waals surface area contributed by atoms with Crippen molar-refractivity contribution < 1.29 is 4.74 Å². The zero-order chi connectivity index (χ0) is 13.9. The first-order chi connectivity index (χ1) is 9.76. The average Bonchev–Trinajstić information content (AvgIpc) is 2.66. The summed E-state index contributed by atoms with van der Waals surface area (Å²) < 4.78 is 7.40. The molecular formula is C13H18N6O. The molecule has 3 rings (SSSR count). The molecule has 1 aliphatic heterocycles. The standard InChI is InChI=1S/C13H18N6O/c1-2-20-13-7-12(15-9-16-13)18-4-3-5-19-10(8-18)6-11(14)17-19/h6-7,9H,2-5,8H2,1H3,(H2,14,17). The van der Waals surface area contributed by atoms with E-state index in [9.17, 15) is 0 Å². The lowest BCUT2D eigenvalue weighted by Crippen LogP contribution is -2.23. The van der Waals surface area contributed by atoms with Crippen molar-refractivity contribution in [2.24, 2.45) is 0 Å². The number of hydrogen-bond donors (Lipinski definition) is 1. The molecule has 1 aliphatic rings. The third kappa shape index (κ3) is 2.52. The van der Waals surface area contributed by atoms with E-state index in [-0.39, 0.29) is 0 Å². The first-order valence-electron chi connectivity index (χ1n) is 6.78. The molecule has 0 radical (unpaired) electrons. The van der Waals surface area contributed by atoms with Crippen molar-refractivity contribution in [3.05, 3.63) is 24.2 Å². The molecule has 7 nitrogen and oxygen atoms in total. The normalized spacial score (nSPS) is 14.8. The Bertz CT molecular complexity index is 596. The van der Waals surface area contributed by atoms with Gasteiger partial charge in [-0.1, -0.05) is 0 Å². The lowest BCUT2D eigenvalue weighted by molar-refractivity contribution is 0.326. The van der Waals surface area contributed by atoms with Gasteiger partial charge in [0.15, 0.2) is 0 Å². The van der Waals surface area contributed by atoms with Crippen molar-refractivity contribution in [2.75, 3.05) is 23.8 Å². The monoisotopic (exact) mass is 274 g/mol. The van der Waals surface area contributed by atoms with Gasteiger partial charge in [0.25, 0.3) is 0 Å². The van der Waals surface area contributed by atoms with Crippen LogP contribution in [0, 0.1) is 0 Å². The number of nitrogen functional groups attached to an aromatic ring is 1. The molecule has 0 aliphatic carbocycles. The van der Waals surface area contributed by atoms with Crippen molar-refractivity contribution in [2.45, 2.75) is 26.4 Å². The van der Waals surface area contributed by atoms with E-state index in [2.05, 4.69) is 20.0 Å². The van der Waals surface area contributed by atoms with Crippen molar-refractivity contribution in [3.8, 4) is 5.88 Å². The molecule has 2 N–H and O–H groups in total. The van der Waals surface area contributed by atoms with E-state index in [1.54, 1.807) is 0 Å². The van der Waals surface area contributed by atoms with Gasteiger partial charge in [0.1, 0.15) is 18.0 Å². The van der Waals surface area contributed by atoms with Gasteiger partial charge in [0, 0.05) is 25.2 Å². The minimum Gasteiger partial charge on any atom is -0.478 e. The number of aryl methyl sites for hydroxylation is 1. The number of nitrogens with two attached hydrogens (primary N) is 1. The summed E-state index contributed by atoms with van der Waals surface area (Å²) in [5.41, 5.74) is 6.87. The molecule has 0 saturated carbocycles. The Morgan fingerprint density at radius 1 is 1.30 bits per heavy atom. The molecule has 2 aromatic rings. The summed E-state index contributed by atoms with van der Waals surface area (Å²) in [5, 5.41) is 4.30. The van der Waals surface area contributed by atoms with Crippen molar-refractivity contribution in [1.82, 2.24) is 19.7 Å². The van der Waals surface area contributed by atoms with Crippen LogP contribution in [0.3, 0.4) is 0 Å². The average molecular weight is 274 g/mol. The molecule has 0 atom stereocenters. The van der Waals surface area contributed by atoms with Crippen molar-refractivity contribution in [3.63, 3.8) is 0 Å². The Kier molecular flexibility index (Phi) is 3.41. The van der Waals surface area contributed by atoms with Gasteiger partial charge < -0.3 is 15.4 Å². The highest BCUT2D eigenvalue weighted by Gasteiger charge is 2.17. The summed E-state index contributed by atoms with van der Waals surface area (Å²) >= 11 is 0. The molecular weight excluding hydrogens is 256 g/mol. The molecule has 0 aromatic carbocycles. The number of hydrogen-bond acceptors (Lipinski definition) is 6. The molecule has 0 spiro atoms. The maximum absolute atomic E-state index is 5.76. The summed E-state index contributed by atoms with van der Waals surface area (Å²) in [6, 6.07) is 3.79. The molecule has 0 bridgehead atoms. The van der Waals surface area contributed by atoms with Gasteiger partial charge in [0.2, 0.25) is 5.88 Å². The maximum Gasteiger partial charge on any atom is 0.218 e. The van der Waals surface area contributed by atoms with Crippen LogP contribution in [0.5, 0.6) is 5.88 Å². The molecule has 20 heavy (non-hydrogen) atoms. The fourth-order valence-corrected chi connectivity index (χ4v) is 2.41. The SMILES string of the molecule is CCOc1cc(N2CCCn3nc(N)cc3C2)ncn1. The third-order valence-electron chi connectivity index (χ3n) is 3.28. The summed E-state index contributed by atoms with van der Waals surface area (Å²) in [5.74, 6) is 2.05. The van der Waals surface area contributed by atoms with Gasteiger partial charge >= 0.3 is 0 Å². The van der Waals surface area contributed by atoms with Crippen LogP contribution in [0.4, 0.5) is 11.6 Å². The number of aromatic nitrogens is 4. The zero-order valence-electron chi connectivity index (χ0n) is 11.5. The Morgan fingerprint density at radius 2 is 2.20 bits per heavy atom. The third-order valence-corrected chi connectivity index (χ3v) is 3.28. The fourth-order valence-electron chi connectivity index (χ4n) is 2.41. The van der Waals surface area contributed by atoms with Crippen LogP contribution in [-0.2, 0) is 13.1 Å². The summed E-state index contributed by atoms with van der Waals surface area (Å²) in [6.45, 7) is 5.08. The second kappa shape index (κ2) is 5.36. The van der Waals surface area contributed by atoms with E-state index in [1.807, 2.05) is 23.7 Å². The van der Waals surface area contributed by atoms with Crippen LogP contribution < -0.4 is 15.4 Å². The second-order valence-electron chi connectivity index (χ2n) is 4.71. The van der Waals surface area contributed by atoms with Crippen molar-refractivity contribution in [1.29, 1.82) is 0 Å². The Hall–Kier alpha value is -2.31. The molecule has 0 saturated heterocycles. The van der Waals surface area contributed by atoms with Crippen LogP contribution in [0.15, 0.2) is 18.5 Å². The predicted octanol–water partition coefficient (Wildman–Crippen LogP) is 1.06. The van der Waals surface area contributed by atoms with E-state index in [4.69, 9.17) is 10.5 Å². The summed E-state index contributed by atoms with van der Waals surface area (Å²) in [7, 11) is 0. The van der Waals surface area contributed by atoms with E-state index < -0.39 is 0 Å². The summed E-state index contributed by atoms with van der Waals surface area (Å²) in [6.07, 6.45) is 2.54. The van der Waals surface area contributed by atoms with Crippen LogP contribution >= 0.6 is 0 Å². The number of ether oxygens (including phenoxy) is 1. The topological polar surface area (TPSA) is 82.1 Å². The molecule has 0 fully saturated rings. The molecule has 0 amide bonds. The lowest BCUT2D eigenvalue weighted by atomic mass is 10.3. The highest BCUT2D eigenvalue weighted by atomic mass is 16.5. The van der Waals surface area contributed by atoms with E-state index >= 15 is 0 Å². The minimum absolute atomic E-state index is 0.569. The first-order valence-corrected chi connectivity index (χ1v) is 6.78. The zero-order valence-corrected chi connectivity index (χ0v) is 11.5. The van der Waals surface area contributed by atoms with Crippen molar-refractivity contribution >= 4 is 11.6 Å². The number of anilines is 2. The van der Waals surface area contributed by atoms with Crippen LogP contribution in [-0.4, -0.2) is 32.9 Å². The van der Waals surface area contributed by atoms with Gasteiger partial charge in [-0.05, 0) is 13.3 Å². The first kappa shape index (κ1) is 12.7. The largest absolute Gasteiger partial charge is 0.478 e. The lowest BCUT2D eigenvalue weighted by Gasteiger charge is -2.21. The number of fused-ring (bicyclic) bond motifs is 1. The van der Waals surface area contributed by atoms with E-state index in [1.165, 1.54) is 6.33 Å². The molecule has 2 aromatic heterocycles. The van der Waals surface area contributed by atoms with Crippen LogP contribution in [0.25, 0.3) is 0 Å². The summed E-state index contributed by atoms with van der Waals surface area (Å²) in [4.78, 5) is 10.6. The van der Waals surface area contributed by atoms with E-state index in [0.29, 0.717) is 18.3 Å². The Morgan fingerprint density at radius 3 is 3.05 bits per heavy atom.